The number of hydrogen-bond donors (Lipinski definition) is 3. The number of amides is 1. The second-order valence-corrected chi connectivity index (χ2v) is 8.78. The summed E-state index contributed by atoms with van der Waals surface area (Å²) in [5, 5.41) is 16.2. The van der Waals surface area contributed by atoms with Gasteiger partial charge in [-0.25, -0.2) is 9.99 Å². The van der Waals surface area contributed by atoms with Crippen molar-refractivity contribution in [1.82, 2.24) is 25.5 Å². The van der Waals surface area contributed by atoms with Crippen LogP contribution in [0.2, 0.25) is 0 Å². The van der Waals surface area contributed by atoms with E-state index in [2.05, 4.69) is 37.4 Å². The van der Waals surface area contributed by atoms with Crippen molar-refractivity contribution in [3.05, 3.63) is 16.0 Å². The maximum absolute atomic E-state index is 11.2. The minimum atomic E-state index is -0.350. The molecule has 8 nitrogen and oxygen atoms in total. The average molecular weight is 377 g/mol. The third kappa shape index (κ3) is 2.31. The van der Waals surface area contributed by atoms with Gasteiger partial charge in [0, 0.05) is 10.4 Å². The Morgan fingerprint density at radius 3 is 3.20 bits per heavy atom. The Labute approximate surface area is 153 Å². The van der Waals surface area contributed by atoms with E-state index in [4.69, 9.17) is 5.73 Å². The monoisotopic (exact) mass is 377 g/mol. The van der Waals surface area contributed by atoms with E-state index in [0.29, 0.717) is 17.7 Å². The number of aryl methyl sites for hydroxylation is 1. The molecule has 5 rings (SSSR count). The molecule has 1 saturated heterocycles. The standard InChI is InChI=1S/C15H19N7OS2/c1-7-2-3-9-8(4-7)11-12-17-6-18-22(12)14-19-20-15(24-5-10(16)23)21(14)13(11)25-9/h7,12,17-18H,2-6H2,1H3,(H2,16,23)/t7-,12?/m0/s1. The van der Waals surface area contributed by atoms with Crippen LogP contribution in [0.4, 0.5) is 5.95 Å². The molecular weight excluding hydrogens is 358 g/mol. The minimum absolute atomic E-state index is 0.0889. The Morgan fingerprint density at radius 1 is 1.48 bits per heavy atom. The molecule has 0 radical (unpaired) electrons. The number of carbonyl (C=O) groups excluding carboxylic acids is 1. The van der Waals surface area contributed by atoms with Crippen LogP contribution in [0, 0.1) is 5.92 Å². The third-order valence-corrected chi connectivity index (χ3v) is 7.23. The number of nitrogens with zero attached hydrogens (tertiary/aromatic N) is 4. The Morgan fingerprint density at radius 2 is 2.36 bits per heavy atom. The van der Waals surface area contributed by atoms with Crippen molar-refractivity contribution in [3.63, 3.8) is 0 Å². The lowest BCUT2D eigenvalue weighted by atomic mass is 9.87. The van der Waals surface area contributed by atoms with Crippen LogP contribution < -0.4 is 21.5 Å². The zero-order chi connectivity index (χ0) is 17.1. The smallest absolute Gasteiger partial charge is 0.249 e. The summed E-state index contributed by atoms with van der Waals surface area (Å²) < 4.78 is 2.08. The minimum Gasteiger partial charge on any atom is -0.369 e. The highest BCUT2D eigenvalue weighted by Gasteiger charge is 2.42. The number of primary amides is 1. The lowest BCUT2D eigenvalue weighted by Crippen LogP contribution is -2.39. The Balaban J connectivity index is 1.67. The molecule has 2 aromatic rings. The molecule has 25 heavy (non-hydrogen) atoms. The highest BCUT2D eigenvalue weighted by molar-refractivity contribution is 7.99. The maximum atomic E-state index is 11.2. The first-order valence-electron chi connectivity index (χ1n) is 8.41. The lowest BCUT2D eigenvalue weighted by molar-refractivity contribution is -0.115. The summed E-state index contributed by atoms with van der Waals surface area (Å²) in [7, 11) is 0. The number of hydrazine groups is 1. The molecule has 0 saturated carbocycles. The van der Waals surface area contributed by atoms with Gasteiger partial charge in [-0.15, -0.1) is 21.5 Å². The van der Waals surface area contributed by atoms with Crippen molar-refractivity contribution < 1.29 is 4.79 Å². The average Bonchev–Trinajstić information content (AvgIpc) is 3.27. The van der Waals surface area contributed by atoms with E-state index in [1.807, 2.05) is 11.3 Å². The molecule has 10 heteroatoms. The van der Waals surface area contributed by atoms with Gasteiger partial charge >= 0.3 is 0 Å². The Kier molecular flexibility index (Phi) is 3.56. The number of nitrogens with one attached hydrogen (secondary N) is 2. The predicted octanol–water partition coefficient (Wildman–Crippen LogP) is 0.915. The lowest BCUT2D eigenvalue weighted by Gasteiger charge is -2.31. The second kappa shape index (κ2) is 5.70. The zero-order valence-corrected chi connectivity index (χ0v) is 15.4. The maximum Gasteiger partial charge on any atom is 0.249 e. The number of fused-ring (bicyclic) bond motifs is 8. The molecule has 3 aliphatic rings. The fourth-order valence-corrected chi connectivity index (χ4v) is 5.97. The van der Waals surface area contributed by atoms with Crippen molar-refractivity contribution in [1.29, 1.82) is 0 Å². The number of thioether (sulfide) groups is 1. The van der Waals surface area contributed by atoms with Crippen LogP contribution in [0.3, 0.4) is 0 Å². The number of carbonyl (C=O) groups is 1. The van der Waals surface area contributed by atoms with E-state index >= 15 is 0 Å². The molecule has 1 amide bonds. The summed E-state index contributed by atoms with van der Waals surface area (Å²) in [5.74, 6) is 1.32. The van der Waals surface area contributed by atoms with Gasteiger partial charge in [-0.05, 0) is 30.7 Å². The summed E-state index contributed by atoms with van der Waals surface area (Å²) in [6, 6.07) is 0. The van der Waals surface area contributed by atoms with Gasteiger partial charge in [-0.1, -0.05) is 18.7 Å². The van der Waals surface area contributed by atoms with Crippen molar-refractivity contribution in [2.24, 2.45) is 11.7 Å². The molecule has 1 unspecified atom stereocenters. The van der Waals surface area contributed by atoms with Crippen LogP contribution in [0.1, 0.15) is 35.5 Å². The number of rotatable bonds is 3. The number of thiophene rings is 1. The van der Waals surface area contributed by atoms with Crippen LogP contribution in [0.15, 0.2) is 5.16 Å². The van der Waals surface area contributed by atoms with Gasteiger partial charge in [0.15, 0.2) is 5.16 Å². The molecule has 4 heterocycles. The van der Waals surface area contributed by atoms with Gasteiger partial charge in [-0.3, -0.25) is 15.1 Å². The van der Waals surface area contributed by atoms with Gasteiger partial charge in [0.05, 0.1) is 12.4 Å². The molecule has 2 aliphatic heterocycles. The molecule has 1 fully saturated rings. The number of aromatic nitrogens is 3. The van der Waals surface area contributed by atoms with Crippen molar-refractivity contribution in [2.75, 3.05) is 17.4 Å². The largest absolute Gasteiger partial charge is 0.369 e. The van der Waals surface area contributed by atoms with Crippen LogP contribution in [0.5, 0.6) is 0 Å². The van der Waals surface area contributed by atoms with Gasteiger partial charge < -0.3 is 5.73 Å². The molecule has 2 aromatic heterocycles. The molecule has 0 spiro atoms. The van der Waals surface area contributed by atoms with E-state index in [0.717, 1.165) is 18.8 Å². The topological polar surface area (TPSA) is 101 Å². The summed E-state index contributed by atoms with van der Waals surface area (Å²) in [6.07, 6.45) is 3.58. The molecule has 0 aromatic carbocycles. The zero-order valence-electron chi connectivity index (χ0n) is 13.8. The molecule has 132 valence electrons. The van der Waals surface area contributed by atoms with Crippen LogP contribution in [-0.4, -0.2) is 33.1 Å². The Bertz CT molecular complexity index is 860. The first-order valence-corrected chi connectivity index (χ1v) is 10.2. The van der Waals surface area contributed by atoms with Crippen LogP contribution in [0.25, 0.3) is 5.00 Å². The molecule has 1 aliphatic carbocycles. The van der Waals surface area contributed by atoms with Gasteiger partial charge in [0.2, 0.25) is 11.9 Å². The van der Waals surface area contributed by atoms with E-state index in [9.17, 15) is 4.79 Å². The van der Waals surface area contributed by atoms with Gasteiger partial charge in [-0.2, -0.15) is 0 Å². The Hall–Kier alpha value is -1.62. The summed E-state index contributed by atoms with van der Waals surface area (Å²) in [5.41, 5.74) is 11.5. The van der Waals surface area contributed by atoms with Gasteiger partial charge in [0.1, 0.15) is 11.2 Å². The van der Waals surface area contributed by atoms with E-state index < -0.39 is 0 Å². The summed E-state index contributed by atoms with van der Waals surface area (Å²) in [6.45, 7) is 3.02. The van der Waals surface area contributed by atoms with Crippen LogP contribution >= 0.6 is 23.1 Å². The summed E-state index contributed by atoms with van der Waals surface area (Å²) >= 11 is 3.18. The number of anilines is 1. The molecule has 2 atom stereocenters. The third-order valence-electron chi connectivity index (χ3n) is 4.98. The van der Waals surface area contributed by atoms with E-state index in [1.54, 1.807) is 0 Å². The highest BCUT2D eigenvalue weighted by Crippen LogP contribution is 2.48. The quantitative estimate of drug-likeness (QED) is 0.684. The van der Waals surface area contributed by atoms with E-state index in [1.165, 1.54) is 39.2 Å². The van der Waals surface area contributed by atoms with Crippen LogP contribution in [-0.2, 0) is 17.6 Å². The normalized spacial score (nSPS) is 23.8. The molecule has 0 bridgehead atoms. The van der Waals surface area contributed by atoms with Crippen molar-refractivity contribution in [3.8, 4) is 5.00 Å². The van der Waals surface area contributed by atoms with Gasteiger partial charge in [0.25, 0.3) is 0 Å². The second-order valence-electron chi connectivity index (χ2n) is 6.76. The fraction of sp³-hybridized carbons (Fsp3) is 0.533. The molecule has 4 N–H and O–H groups in total. The van der Waals surface area contributed by atoms with E-state index in [-0.39, 0.29) is 17.8 Å². The number of hydrogen-bond acceptors (Lipinski definition) is 8. The first-order chi connectivity index (χ1) is 12.1. The molecular formula is C15H19N7OS2. The summed E-state index contributed by atoms with van der Waals surface area (Å²) in [4.78, 5) is 12.7. The number of nitrogens with two attached hydrogens (primary N) is 1. The predicted molar refractivity (Wildman–Crippen MR) is 96.7 cm³/mol. The van der Waals surface area contributed by atoms with Crippen molar-refractivity contribution in [2.45, 2.75) is 37.5 Å². The SMILES string of the molecule is C[C@H]1CCc2sc3c(c2C1)C1NCNN1c1nnc(SCC(N)=O)n1-3. The first kappa shape index (κ1) is 15.6. The van der Waals surface area contributed by atoms with Crippen molar-refractivity contribution >= 4 is 35.0 Å². The fourth-order valence-electron chi connectivity index (χ4n) is 3.87. The highest BCUT2D eigenvalue weighted by atomic mass is 32.2.